The van der Waals surface area contributed by atoms with Crippen LogP contribution >= 0.6 is 0 Å². The predicted octanol–water partition coefficient (Wildman–Crippen LogP) is 1.41. The molecule has 0 aliphatic carbocycles. The molecular weight excluding hydrogens is 262 g/mol. The van der Waals surface area contributed by atoms with Crippen LogP contribution in [0.15, 0.2) is 23.1 Å². The van der Waals surface area contributed by atoms with Crippen molar-refractivity contribution >= 4 is 21.4 Å². The van der Waals surface area contributed by atoms with Crippen molar-refractivity contribution < 1.29 is 8.42 Å². The van der Waals surface area contributed by atoms with Crippen LogP contribution in [0, 0.1) is 5.92 Å². The Morgan fingerprint density at radius 1 is 1.42 bits per heavy atom. The van der Waals surface area contributed by atoms with Crippen molar-refractivity contribution in [2.45, 2.75) is 24.7 Å². The van der Waals surface area contributed by atoms with Gasteiger partial charge in [0.2, 0.25) is 10.0 Å². The smallest absolute Gasteiger partial charge is 0.242 e. The summed E-state index contributed by atoms with van der Waals surface area (Å²) in [6.07, 6.45) is 2.28. The van der Waals surface area contributed by atoms with Crippen LogP contribution in [0.25, 0.3) is 0 Å². The highest BCUT2D eigenvalue weighted by Gasteiger charge is 2.24. The van der Waals surface area contributed by atoms with Crippen LogP contribution in [0.1, 0.15) is 19.8 Å². The maximum atomic E-state index is 12.1. The van der Waals surface area contributed by atoms with Gasteiger partial charge in [-0.2, -0.15) is 0 Å². The molecule has 1 fully saturated rings. The molecule has 2 rings (SSSR count). The Hall–Kier alpha value is -1.27. The van der Waals surface area contributed by atoms with Gasteiger partial charge in [0.1, 0.15) is 4.90 Å². The van der Waals surface area contributed by atoms with Gasteiger partial charge >= 0.3 is 0 Å². The average molecular weight is 283 g/mol. The molecule has 19 heavy (non-hydrogen) atoms. The van der Waals surface area contributed by atoms with Gasteiger partial charge < -0.3 is 10.6 Å². The zero-order chi connectivity index (χ0) is 14.0. The summed E-state index contributed by atoms with van der Waals surface area (Å²) in [4.78, 5) is 2.40. The van der Waals surface area contributed by atoms with Gasteiger partial charge in [-0.25, -0.2) is 13.1 Å². The molecule has 5 nitrogen and oxygen atoms in total. The molecule has 1 aliphatic heterocycles. The fourth-order valence-electron chi connectivity index (χ4n) is 2.53. The van der Waals surface area contributed by atoms with E-state index in [9.17, 15) is 8.42 Å². The molecule has 1 heterocycles. The van der Waals surface area contributed by atoms with E-state index in [0.717, 1.165) is 25.2 Å². The van der Waals surface area contributed by atoms with E-state index < -0.39 is 10.0 Å². The third-order valence-corrected chi connectivity index (χ3v) is 4.98. The number of piperidine rings is 1. The van der Waals surface area contributed by atoms with Gasteiger partial charge in [0.05, 0.1) is 5.69 Å². The van der Waals surface area contributed by atoms with E-state index in [1.54, 1.807) is 12.1 Å². The summed E-state index contributed by atoms with van der Waals surface area (Å²) in [5.41, 5.74) is 6.93. The summed E-state index contributed by atoms with van der Waals surface area (Å²) in [5.74, 6) is 0.580. The highest BCUT2D eigenvalue weighted by atomic mass is 32.2. The number of anilines is 2. The summed E-state index contributed by atoms with van der Waals surface area (Å²) < 4.78 is 26.6. The maximum absolute atomic E-state index is 12.1. The molecule has 0 bridgehead atoms. The lowest BCUT2D eigenvalue weighted by atomic mass is 10.00. The van der Waals surface area contributed by atoms with E-state index >= 15 is 0 Å². The largest absolute Gasteiger partial charge is 0.399 e. The van der Waals surface area contributed by atoms with Crippen molar-refractivity contribution in [3.63, 3.8) is 0 Å². The van der Waals surface area contributed by atoms with Crippen molar-refractivity contribution in [1.82, 2.24) is 4.72 Å². The van der Waals surface area contributed by atoms with Crippen molar-refractivity contribution in [3.05, 3.63) is 18.2 Å². The van der Waals surface area contributed by atoms with Gasteiger partial charge in [0.25, 0.3) is 0 Å². The van der Waals surface area contributed by atoms with E-state index in [1.807, 2.05) is 0 Å². The third-order valence-electron chi connectivity index (χ3n) is 3.54. The van der Waals surface area contributed by atoms with Crippen LogP contribution in [0.2, 0.25) is 0 Å². The molecule has 0 amide bonds. The second-order valence-electron chi connectivity index (χ2n) is 5.13. The van der Waals surface area contributed by atoms with E-state index in [1.165, 1.54) is 19.5 Å². The van der Waals surface area contributed by atoms with Gasteiger partial charge in [-0.3, -0.25) is 0 Å². The molecule has 1 aromatic carbocycles. The summed E-state index contributed by atoms with van der Waals surface area (Å²) in [6, 6.07) is 5.08. The predicted molar refractivity (Wildman–Crippen MR) is 77.7 cm³/mol. The van der Waals surface area contributed by atoms with E-state index in [-0.39, 0.29) is 4.90 Å². The molecule has 1 aromatic rings. The molecule has 0 radical (unpaired) electrons. The molecule has 0 saturated carbocycles. The molecule has 1 saturated heterocycles. The normalized spacial score (nSPS) is 20.5. The van der Waals surface area contributed by atoms with Gasteiger partial charge in [0, 0.05) is 18.8 Å². The number of benzene rings is 1. The number of rotatable bonds is 3. The third kappa shape index (κ3) is 3.01. The minimum atomic E-state index is -3.49. The summed E-state index contributed by atoms with van der Waals surface area (Å²) in [7, 11) is -2.07. The standard InChI is InChI=1S/C13H21N3O2S/c1-10-4-3-7-16(9-10)12-6-5-11(14)8-13(12)19(17,18)15-2/h5-6,8,10,15H,3-4,7,9,14H2,1-2H3. The molecule has 1 aliphatic rings. The lowest BCUT2D eigenvalue weighted by Crippen LogP contribution is -2.35. The highest BCUT2D eigenvalue weighted by molar-refractivity contribution is 7.89. The quantitative estimate of drug-likeness (QED) is 0.823. The minimum absolute atomic E-state index is 0.268. The van der Waals surface area contributed by atoms with E-state index in [2.05, 4.69) is 16.5 Å². The Bertz CT molecular complexity index is 557. The van der Waals surface area contributed by atoms with Crippen LogP contribution in [0.5, 0.6) is 0 Å². The fraction of sp³-hybridized carbons (Fsp3) is 0.538. The van der Waals surface area contributed by atoms with Crippen LogP contribution in [0.3, 0.4) is 0 Å². The number of nitrogens with zero attached hydrogens (tertiary/aromatic N) is 1. The summed E-state index contributed by atoms with van der Waals surface area (Å²) in [6.45, 7) is 3.96. The Kier molecular flexibility index (Phi) is 4.01. The monoisotopic (exact) mass is 283 g/mol. The first-order chi connectivity index (χ1) is 8.94. The second-order valence-corrected chi connectivity index (χ2v) is 6.98. The number of nitrogen functional groups attached to an aromatic ring is 1. The van der Waals surface area contributed by atoms with Crippen LogP contribution in [-0.4, -0.2) is 28.6 Å². The highest BCUT2D eigenvalue weighted by Crippen LogP contribution is 2.30. The molecule has 0 spiro atoms. The lowest BCUT2D eigenvalue weighted by Gasteiger charge is -2.34. The van der Waals surface area contributed by atoms with Gasteiger partial charge in [-0.1, -0.05) is 6.92 Å². The van der Waals surface area contributed by atoms with E-state index in [4.69, 9.17) is 5.73 Å². The number of nitrogens with one attached hydrogen (secondary N) is 1. The zero-order valence-electron chi connectivity index (χ0n) is 11.4. The Balaban J connectivity index is 2.45. The SMILES string of the molecule is CNS(=O)(=O)c1cc(N)ccc1N1CCCC(C)C1. The zero-order valence-corrected chi connectivity index (χ0v) is 12.2. The summed E-state index contributed by atoms with van der Waals surface area (Å²) >= 11 is 0. The number of nitrogens with two attached hydrogens (primary N) is 1. The maximum Gasteiger partial charge on any atom is 0.242 e. The van der Waals surface area contributed by atoms with Crippen molar-refractivity contribution in [2.75, 3.05) is 30.8 Å². The average Bonchev–Trinajstić information content (AvgIpc) is 2.38. The number of sulfonamides is 1. The topological polar surface area (TPSA) is 75.4 Å². The summed E-state index contributed by atoms with van der Waals surface area (Å²) in [5, 5.41) is 0. The number of hydrogen-bond acceptors (Lipinski definition) is 4. The first-order valence-corrected chi connectivity index (χ1v) is 8.00. The molecule has 106 valence electrons. The van der Waals surface area contributed by atoms with Gasteiger partial charge in [0.15, 0.2) is 0 Å². The molecule has 1 atom stereocenters. The van der Waals surface area contributed by atoms with Crippen LogP contribution < -0.4 is 15.4 Å². The molecule has 1 unspecified atom stereocenters. The Labute approximate surface area is 114 Å². The van der Waals surface area contributed by atoms with Gasteiger partial charge in [-0.15, -0.1) is 0 Å². The first-order valence-electron chi connectivity index (χ1n) is 6.52. The Morgan fingerprint density at radius 3 is 2.79 bits per heavy atom. The lowest BCUT2D eigenvalue weighted by molar-refractivity contribution is 0.445. The van der Waals surface area contributed by atoms with E-state index in [0.29, 0.717) is 11.6 Å². The minimum Gasteiger partial charge on any atom is -0.399 e. The molecule has 6 heteroatoms. The van der Waals surface area contributed by atoms with Crippen molar-refractivity contribution in [3.8, 4) is 0 Å². The van der Waals surface area contributed by atoms with Crippen molar-refractivity contribution in [2.24, 2.45) is 5.92 Å². The molecule has 3 N–H and O–H groups in total. The van der Waals surface area contributed by atoms with Crippen LogP contribution in [0.4, 0.5) is 11.4 Å². The Morgan fingerprint density at radius 2 is 2.16 bits per heavy atom. The second kappa shape index (κ2) is 5.38. The number of hydrogen-bond donors (Lipinski definition) is 2. The molecule has 0 aromatic heterocycles. The fourth-order valence-corrected chi connectivity index (χ4v) is 3.51. The van der Waals surface area contributed by atoms with Crippen molar-refractivity contribution in [1.29, 1.82) is 0 Å². The first kappa shape index (κ1) is 14.1. The van der Waals surface area contributed by atoms with Crippen LogP contribution in [-0.2, 0) is 10.0 Å². The molecular formula is C13H21N3O2S. The van der Waals surface area contributed by atoms with Gasteiger partial charge in [-0.05, 0) is 44.0 Å².